The minimum atomic E-state index is -0.471. The van der Waals surface area contributed by atoms with E-state index < -0.39 is 5.97 Å². The normalized spacial score (nSPS) is 10.8. The quantitative estimate of drug-likeness (QED) is 0.540. The third-order valence-corrected chi connectivity index (χ3v) is 4.84. The maximum atomic E-state index is 12.3. The second-order valence-corrected chi connectivity index (χ2v) is 6.42. The number of hydrogen-bond donors (Lipinski definition) is 1. The first kappa shape index (κ1) is 16.3. The van der Waals surface area contributed by atoms with Gasteiger partial charge in [-0.15, -0.1) is 11.3 Å². The maximum Gasteiger partial charge on any atom is 0.359 e. The number of ether oxygens (including phenoxy) is 2. The highest BCUT2D eigenvalue weighted by atomic mass is 32.1. The molecule has 0 aliphatic heterocycles. The van der Waals surface area contributed by atoms with Gasteiger partial charge in [-0.2, -0.15) is 5.10 Å². The predicted octanol–water partition coefficient (Wildman–Crippen LogP) is 4.05. The van der Waals surface area contributed by atoms with Crippen molar-refractivity contribution in [2.24, 2.45) is 0 Å². The Kier molecular flexibility index (Phi) is 4.37. The lowest BCUT2D eigenvalue weighted by molar-refractivity contribution is 0.0464. The molecule has 0 atom stereocenters. The van der Waals surface area contributed by atoms with Gasteiger partial charge >= 0.3 is 5.97 Å². The number of aromatic amines is 1. The van der Waals surface area contributed by atoms with Crippen molar-refractivity contribution in [2.45, 2.75) is 6.61 Å². The van der Waals surface area contributed by atoms with Crippen LogP contribution in [0.5, 0.6) is 5.75 Å². The highest BCUT2D eigenvalue weighted by Crippen LogP contribution is 2.26. The summed E-state index contributed by atoms with van der Waals surface area (Å²) in [5, 5.41) is 10.4. The monoisotopic (exact) mass is 365 g/mol. The molecule has 2 heterocycles. The molecule has 0 aliphatic rings. The van der Waals surface area contributed by atoms with E-state index in [1.54, 1.807) is 7.11 Å². The molecule has 2 aromatic carbocycles. The third-order valence-electron chi connectivity index (χ3n) is 3.90. The van der Waals surface area contributed by atoms with Crippen molar-refractivity contribution in [1.82, 2.24) is 15.2 Å². The van der Waals surface area contributed by atoms with Crippen molar-refractivity contribution in [3.8, 4) is 16.3 Å². The van der Waals surface area contributed by atoms with Gasteiger partial charge in [0.05, 0.1) is 18.3 Å². The Balaban J connectivity index is 1.45. The Hall–Kier alpha value is -3.19. The summed E-state index contributed by atoms with van der Waals surface area (Å²) in [5.41, 5.74) is 2.78. The first-order valence-corrected chi connectivity index (χ1v) is 8.81. The molecule has 0 saturated carbocycles. The number of thiazole rings is 1. The van der Waals surface area contributed by atoms with E-state index in [1.807, 2.05) is 53.9 Å². The van der Waals surface area contributed by atoms with E-state index in [0.29, 0.717) is 5.69 Å². The highest BCUT2D eigenvalue weighted by molar-refractivity contribution is 7.13. The van der Waals surface area contributed by atoms with Gasteiger partial charge in [0.25, 0.3) is 0 Å². The molecule has 6 nitrogen and oxygen atoms in total. The molecule has 7 heteroatoms. The SMILES string of the molecule is COc1ccc(-c2nc(COC(=O)c3n[nH]c4ccccc34)cs2)cc1. The number of rotatable bonds is 5. The summed E-state index contributed by atoms with van der Waals surface area (Å²) in [6.45, 7) is 0.104. The van der Waals surface area contributed by atoms with E-state index in [2.05, 4.69) is 15.2 Å². The zero-order valence-corrected chi connectivity index (χ0v) is 14.7. The fourth-order valence-corrected chi connectivity index (χ4v) is 3.38. The highest BCUT2D eigenvalue weighted by Gasteiger charge is 2.16. The number of H-pyrrole nitrogens is 1. The zero-order valence-electron chi connectivity index (χ0n) is 13.9. The molecular weight excluding hydrogens is 350 g/mol. The molecule has 0 saturated heterocycles. The van der Waals surface area contributed by atoms with Gasteiger partial charge < -0.3 is 9.47 Å². The molecule has 0 amide bonds. The number of benzene rings is 2. The van der Waals surface area contributed by atoms with Crippen molar-refractivity contribution in [2.75, 3.05) is 7.11 Å². The van der Waals surface area contributed by atoms with E-state index in [1.165, 1.54) is 11.3 Å². The van der Waals surface area contributed by atoms with Crippen LogP contribution in [-0.4, -0.2) is 28.3 Å². The first-order valence-electron chi connectivity index (χ1n) is 7.93. The van der Waals surface area contributed by atoms with Gasteiger partial charge in [0.1, 0.15) is 17.4 Å². The smallest absolute Gasteiger partial charge is 0.359 e. The van der Waals surface area contributed by atoms with E-state index in [0.717, 1.165) is 27.2 Å². The van der Waals surface area contributed by atoms with Gasteiger partial charge in [0.15, 0.2) is 5.69 Å². The molecule has 0 unspecified atom stereocenters. The number of para-hydroxylation sites is 1. The molecule has 130 valence electrons. The fourth-order valence-electron chi connectivity index (χ4n) is 2.57. The lowest BCUT2D eigenvalue weighted by Crippen LogP contribution is -2.06. The van der Waals surface area contributed by atoms with Crippen molar-refractivity contribution >= 4 is 28.2 Å². The summed E-state index contributed by atoms with van der Waals surface area (Å²) < 4.78 is 10.5. The number of hydrogen-bond acceptors (Lipinski definition) is 6. The zero-order chi connectivity index (χ0) is 17.9. The summed E-state index contributed by atoms with van der Waals surface area (Å²) in [6.07, 6.45) is 0. The third kappa shape index (κ3) is 3.16. The number of esters is 1. The fraction of sp³-hybridized carbons (Fsp3) is 0.105. The summed E-state index contributed by atoms with van der Waals surface area (Å²) >= 11 is 1.50. The Morgan fingerprint density at radius 3 is 2.77 bits per heavy atom. The van der Waals surface area contributed by atoms with Crippen molar-refractivity contribution in [3.05, 3.63) is 65.3 Å². The minimum absolute atomic E-state index is 0.104. The van der Waals surface area contributed by atoms with Gasteiger partial charge in [-0.05, 0) is 30.3 Å². The van der Waals surface area contributed by atoms with Gasteiger partial charge in [0, 0.05) is 16.3 Å². The second kappa shape index (κ2) is 6.97. The predicted molar refractivity (Wildman–Crippen MR) is 99.3 cm³/mol. The van der Waals surface area contributed by atoms with E-state index in [9.17, 15) is 4.79 Å². The number of fused-ring (bicyclic) bond motifs is 1. The van der Waals surface area contributed by atoms with E-state index >= 15 is 0 Å². The van der Waals surface area contributed by atoms with Crippen LogP contribution in [0.25, 0.3) is 21.5 Å². The van der Waals surface area contributed by atoms with Crippen LogP contribution < -0.4 is 4.74 Å². The topological polar surface area (TPSA) is 77.1 Å². The molecule has 1 N–H and O–H groups in total. The van der Waals surface area contributed by atoms with Crippen molar-refractivity contribution < 1.29 is 14.3 Å². The molecule has 26 heavy (non-hydrogen) atoms. The molecule has 4 aromatic rings. The van der Waals surface area contributed by atoms with Crippen LogP contribution in [0.2, 0.25) is 0 Å². The molecule has 0 aliphatic carbocycles. The number of nitrogens with one attached hydrogen (secondary N) is 1. The van der Waals surface area contributed by atoms with Gasteiger partial charge in [-0.1, -0.05) is 18.2 Å². The number of aromatic nitrogens is 3. The standard InChI is InChI=1S/C19H15N3O3S/c1-24-14-8-6-12(7-9-14)18-20-13(11-26-18)10-25-19(23)17-15-4-2-3-5-16(15)21-22-17/h2-9,11H,10H2,1H3,(H,21,22). The first-order chi connectivity index (χ1) is 12.7. The summed E-state index contributed by atoms with van der Waals surface area (Å²) in [6, 6.07) is 15.1. The number of nitrogens with zero attached hydrogens (tertiary/aromatic N) is 2. The summed E-state index contributed by atoms with van der Waals surface area (Å²) in [4.78, 5) is 16.8. The molecular formula is C19H15N3O3S. The maximum absolute atomic E-state index is 12.3. The van der Waals surface area contributed by atoms with Crippen LogP contribution in [0.15, 0.2) is 53.9 Å². The van der Waals surface area contributed by atoms with Crippen LogP contribution in [0, 0.1) is 0 Å². The average molecular weight is 365 g/mol. The Morgan fingerprint density at radius 2 is 1.96 bits per heavy atom. The number of methoxy groups -OCH3 is 1. The van der Waals surface area contributed by atoms with Crippen LogP contribution in [-0.2, 0) is 11.3 Å². The second-order valence-electron chi connectivity index (χ2n) is 5.57. The Morgan fingerprint density at radius 1 is 1.15 bits per heavy atom. The van der Waals surface area contributed by atoms with Crippen LogP contribution in [0.1, 0.15) is 16.2 Å². The average Bonchev–Trinajstić information content (AvgIpc) is 3.33. The van der Waals surface area contributed by atoms with Gasteiger partial charge in [-0.3, -0.25) is 5.10 Å². The molecule has 0 bridgehead atoms. The Labute approximate surface area is 153 Å². The van der Waals surface area contributed by atoms with Gasteiger partial charge in [0.2, 0.25) is 0 Å². The van der Waals surface area contributed by atoms with Crippen LogP contribution in [0.4, 0.5) is 0 Å². The molecule has 0 radical (unpaired) electrons. The molecule has 0 spiro atoms. The molecule has 0 fully saturated rings. The van der Waals surface area contributed by atoms with E-state index in [4.69, 9.17) is 9.47 Å². The van der Waals surface area contributed by atoms with Crippen molar-refractivity contribution in [1.29, 1.82) is 0 Å². The van der Waals surface area contributed by atoms with Crippen LogP contribution >= 0.6 is 11.3 Å². The largest absolute Gasteiger partial charge is 0.497 e. The van der Waals surface area contributed by atoms with Gasteiger partial charge in [-0.25, -0.2) is 9.78 Å². The lowest BCUT2D eigenvalue weighted by atomic mass is 10.2. The number of carbonyl (C=O) groups is 1. The molecule has 4 rings (SSSR count). The lowest BCUT2D eigenvalue weighted by Gasteiger charge is -2.01. The summed E-state index contributed by atoms with van der Waals surface area (Å²) in [7, 11) is 1.63. The van der Waals surface area contributed by atoms with Crippen molar-refractivity contribution in [3.63, 3.8) is 0 Å². The Bertz CT molecular complexity index is 1050. The van der Waals surface area contributed by atoms with Crippen LogP contribution in [0.3, 0.4) is 0 Å². The number of carbonyl (C=O) groups excluding carboxylic acids is 1. The minimum Gasteiger partial charge on any atom is -0.497 e. The molecule has 2 aromatic heterocycles. The van der Waals surface area contributed by atoms with E-state index in [-0.39, 0.29) is 12.3 Å². The summed E-state index contributed by atoms with van der Waals surface area (Å²) in [5.74, 6) is 0.326.